The summed E-state index contributed by atoms with van der Waals surface area (Å²) in [6.45, 7) is 1.55. The highest BCUT2D eigenvalue weighted by Gasteiger charge is 2.21. The van der Waals surface area contributed by atoms with Crippen molar-refractivity contribution in [2.75, 3.05) is 11.9 Å². The fourth-order valence-electron chi connectivity index (χ4n) is 3.10. The van der Waals surface area contributed by atoms with Gasteiger partial charge in [0.1, 0.15) is 0 Å². The summed E-state index contributed by atoms with van der Waals surface area (Å²) in [6, 6.07) is -0.0663. The molecule has 3 N–H and O–H groups in total. The lowest BCUT2D eigenvalue weighted by atomic mass is 9.93. The van der Waals surface area contributed by atoms with Crippen molar-refractivity contribution in [1.82, 2.24) is 15.1 Å². The van der Waals surface area contributed by atoms with E-state index in [0.717, 1.165) is 51.7 Å². The number of urea groups is 1. The van der Waals surface area contributed by atoms with E-state index in [2.05, 4.69) is 15.7 Å². The van der Waals surface area contributed by atoms with Gasteiger partial charge in [0, 0.05) is 18.8 Å². The molecule has 1 aliphatic heterocycles. The van der Waals surface area contributed by atoms with Crippen LogP contribution in [0.2, 0.25) is 0 Å². The minimum Gasteiger partial charge on any atom is -0.393 e. The molecule has 2 amide bonds. The lowest BCUT2D eigenvalue weighted by Crippen LogP contribution is -2.40. The summed E-state index contributed by atoms with van der Waals surface area (Å²) in [6.07, 6.45) is 8.83. The van der Waals surface area contributed by atoms with Gasteiger partial charge in [-0.2, -0.15) is 5.10 Å². The molecule has 0 bridgehead atoms. The Morgan fingerprint density at radius 1 is 1.36 bits per heavy atom. The van der Waals surface area contributed by atoms with Crippen LogP contribution in [0.5, 0.6) is 0 Å². The highest BCUT2D eigenvalue weighted by Crippen LogP contribution is 2.18. The van der Waals surface area contributed by atoms with Crippen molar-refractivity contribution < 1.29 is 14.6 Å². The molecule has 0 aromatic carbocycles. The number of rotatable bonds is 4. The van der Waals surface area contributed by atoms with Crippen LogP contribution in [-0.4, -0.2) is 45.8 Å². The maximum atomic E-state index is 12.0. The van der Waals surface area contributed by atoms with Crippen molar-refractivity contribution in [3.05, 3.63) is 12.4 Å². The molecule has 3 rings (SSSR count). The van der Waals surface area contributed by atoms with E-state index in [-0.39, 0.29) is 24.3 Å². The minimum absolute atomic E-state index is 0.144. The molecule has 0 radical (unpaired) electrons. The van der Waals surface area contributed by atoms with Crippen LogP contribution < -0.4 is 10.6 Å². The Labute approximate surface area is 130 Å². The maximum Gasteiger partial charge on any atom is 0.319 e. The van der Waals surface area contributed by atoms with Crippen molar-refractivity contribution in [3.63, 3.8) is 0 Å². The second kappa shape index (κ2) is 7.11. The third-order valence-corrected chi connectivity index (χ3v) is 4.34. The average molecular weight is 308 g/mol. The highest BCUT2D eigenvalue weighted by atomic mass is 16.5. The molecule has 1 aromatic rings. The van der Waals surface area contributed by atoms with Crippen molar-refractivity contribution >= 4 is 11.7 Å². The summed E-state index contributed by atoms with van der Waals surface area (Å²) in [4.78, 5) is 12.0. The second-order valence-corrected chi connectivity index (χ2v) is 6.19. The summed E-state index contributed by atoms with van der Waals surface area (Å²) in [5, 5.41) is 19.5. The highest BCUT2D eigenvalue weighted by molar-refractivity contribution is 5.89. The predicted molar refractivity (Wildman–Crippen MR) is 81.6 cm³/mol. The quantitative estimate of drug-likeness (QED) is 0.786. The number of aliphatic hydroxyl groups is 1. The molecule has 2 aliphatic rings. The number of aromatic nitrogens is 2. The number of hydrogen-bond donors (Lipinski definition) is 3. The van der Waals surface area contributed by atoms with Gasteiger partial charge in [-0.15, -0.1) is 0 Å². The van der Waals surface area contributed by atoms with Crippen LogP contribution in [0.3, 0.4) is 0 Å². The first kappa shape index (κ1) is 15.3. The lowest BCUT2D eigenvalue weighted by molar-refractivity contribution is 0.0940. The smallest absolute Gasteiger partial charge is 0.319 e. The second-order valence-electron chi connectivity index (χ2n) is 6.19. The number of ether oxygens (including phenoxy) is 1. The number of anilines is 1. The van der Waals surface area contributed by atoms with Gasteiger partial charge < -0.3 is 20.5 Å². The predicted octanol–water partition coefficient (Wildman–Crippen LogP) is 1.49. The first-order valence-corrected chi connectivity index (χ1v) is 8.08. The van der Waals surface area contributed by atoms with Crippen molar-refractivity contribution in [2.24, 2.45) is 0 Å². The van der Waals surface area contributed by atoms with Gasteiger partial charge >= 0.3 is 6.03 Å². The summed E-state index contributed by atoms with van der Waals surface area (Å²) in [5.74, 6) is 0. The van der Waals surface area contributed by atoms with Crippen LogP contribution in [0.4, 0.5) is 10.5 Å². The van der Waals surface area contributed by atoms with E-state index >= 15 is 0 Å². The number of nitrogens with zero attached hydrogens (tertiary/aromatic N) is 2. The molecule has 2 heterocycles. The molecule has 22 heavy (non-hydrogen) atoms. The maximum absolute atomic E-state index is 12.0. The summed E-state index contributed by atoms with van der Waals surface area (Å²) >= 11 is 0. The van der Waals surface area contributed by atoms with E-state index < -0.39 is 0 Å². The molecule has 1 unspecified atom stereocenters. The zero-order chi connectivity index (χ0) is 15.4. The number of hydrogen-bond acceptors (Lipinski definition) is 4. The largest absolute Gasteiger partial charge is 0.393 e. The standard InChI is InChI=1S/C15H24N4O3/c20-13-5-3-11(4-6-13)17-15(21)18-12-8-16-19(9-12)10-14-2-1-7-22-14/h8-9,11,13-14,20H,1-7,10H2,(H2,17,18,21). The van der Waals surface area contributed by atoms with Crippen LogP contribution in [0.25, 0.3) is 0 Å². The van der Waals surface area contributed by atoms with Gasteiger partial charge in [-0.1, -0.05) is 0 Å². The molecule has 1 aliphatic carbocycles. The number of amides is 2. The monoisotopic (exact) mass is 308 g/mol. The number of carbonyl (C=O) groups excluding carboxylic acids is 1. The van der Waals surface area contributed by atoms with Gasteiger partial charge in [0.2, 0.25) is 0 Å². The topological polar surface area (TPSA) is 88.4 Å². The fraction of sp³-hybridized carbons (Fsp3) is 0.733. The van der Waals surface area contributed by atoms with Crippen LogP contribution in [0.1, 0.15) is 38.5 Å². The summed E-state index contributed by atoms with van der Waals surface area (Å²) in [7, 11) is 0. The molecule has 122 valence electrons. The van der Waals surface area contributed by atoms with Crippen LogP contribution >= 0.6 is 0 Å². The Kier molecular flexibility index (Phi) is 4.94. The number of carbonyl (C=O) groups is 1. The van der Waals surface area contributed by atoms with Crippen molar-refractivity contribution in [3.8, 4) is 0 Å². The van der Waals surface area contributed by atoms with E-state index in [1.807, 2.05) is 10.9 Å². The SMILES string of the molecule is O=C(Nc1cnn(CC2CCCO2)c1)NC1CCC(O)CC1. The van der Waals surface area contributed by atoms with Gasteiger partial charge in [-0.05, 0) is 38.5 Å². The van der Waals surface area contributed by atoms with Gasteiger partial charge in [-0.25, -0.2) is 4.79 Å². The van der Waals surface area contributed by atoms with Crippen molar-refractivity contribution in [1.29, 1.82) is 0 Å². The first-order chi connectivity index (χ1) is 10.7. The zero-order valence-corrected chi connectivity index (χ0v) is 12.7. The molecule has 1 saturated heterocycles. The van der Waals surface area contributed by atoms with Crippen LogP contribution in [-0.2, 0) is 11.3 Å². The fourth-order valence-corrected chi connectivity index (χ4v) is 3.10. The average Bonchev–Trinajstić information content (AvgIpc) is 3.14. The van der Waals surface area contributed by atoms with E-state index in [1.54, 1.807) is 6.20 Å². The Morgan fingerprint density at radius 2 is 2.18 bits per heavy atom. The molecular formula is C15H24N4O3. The molecule has 1 aromatic heterocycles. The Hall–Kier alpha value is -1.60. The van der Waals surface area contributed by atoms with Crippen LogP contribution in [0.15, 0.2) is 12.4 Å². The molecule has 7 nitrogen and oxygen atoms in total. The Morgan fingerprint density at radius 3 is 2.91 bits per heavy atom. The van der Waals surface area contributed by atoms with E-state index in [1.165, 1.54) is 0 Å². The minimum atomic E-state index is -0.211. The summed E-state index contributed by atoms with van der Waals surface area (Å²) < 4.78 is 7.38. The molecule has 1 saturated carbocycles. The Balaban J connectivity index is 1.44. The third kappa shape index (κ3) is 4.20. The lowest BCUT2D eigenvalue weighted by Gasteiger charge is -2.26. The summed E-state index contributed by atoms with van der Waals surface area (Å²) in [5.41, 5.74) is 0.686. The van der Waals surface area contributed by atoms with Gasteiger partial charge in [0.05, 0.1) is 30.6 Å². The molecular weight excluding hydrogens is 284 g/mol. The number of aliphatic hydroxyl groups excluding tert-OH is 1. The molecule has 0 spiro atoms. The number of nitrogens with one attached hydrogen (secondary N) is 2. The van der Waals surface area contributed by atoms with Crippen LogP contribution in [0, 0.1) is 0 Å². The van der Waals surface area contributed by atoms with E-state index in [9.17, 15) is 9.90 Å². The first-order valence-electron chi connectivity index (χ1n) is 8.08. The van der Waals surface area contributed by atoms with E-state index in [4.69, 9.17) is 4.74 Å². The van der Waals surface area contributed by atoms with Gasteiger partial charge in [0.25, 0.3) is 0 Å². The normalized spacial score (nSPS) is 28.5. The zero-order valence-electron chi connectivity index (χ0n) is 12.7. The third-order valence-electron chi connectivity index (χ3n) is 4.34. The molecule has 7 heteroatoms. The Bertz CT molecular complexity index is 491. The molecule has 1 atom stereocenters. The van der Waals surface area contributed by atoms with Gasteiger partial charge in [-0.3, -0.25) is 4.68 Å². The molecule has 2 fully saturated rings. The van der Waals surface area contributed by atoms with Crippen molar-refractivity contribution in [2.45, 2.75) is 63.3 Å². The van der Waals surface area contributed by atoms with E-state index in [0.29, 0.717) is 5.69 Å². The van der Waals surface area contributed by atoms with Gasteiger partial charge in [0.15, 0.2) is 0 Å².